The van der Waals surface area contributed by atoms with Gasteiger partial charge >= 0.3 is 5.97 Å². The lowest BCUT2D eigenvalue weighted by molar-refractivity contribution is -0.146. The van der Waals surface area contributed by atoms with Gasteiger partial charge in [0.25, 0.3) is 0 Å². The Kier molecular flexibility index (Phi) is 7.72. The predicted molar refractivity (Wildman–Crippen MR) is 83.1 cm³/mol. The summed E-state index contributed by atoms with van der Waals surface area (Å²) < 4.78 is 0. The minimum absolute atomic E-state index is 0.0739. The lowest BCUT2D eigenvalue weighted by Gasteiger charge is -2.22. The molecule has 122 valence electrons. The molecule has 0 radical (unpaired) electrons. The molecule has 1 aliphatic rings. The van der Waals surface area contributed by atoms with E-state index in [9.17, 15) is 9.59 Å². The highest BCUT2D eigenvalue weighted by Gasteiger charge is 2.37. The first-order valence-corrected chi connectivity index (χ1v) is 8.25. The number of rotatable bonds is 9. The van der Waals surface area contributed by atoms with Gasteiger partial charge < -0.3 is 15.3 Å². The van der Waals surface area contributed by atoms with Crippen LogP contribution in [0.15, 0.2) is 0 Å². The first-order valence-electron chi connectivity index (χ1n) is 8.25. The maximum absolute atomic E-state index is 12.2. The van der Waals surface area contributed by atoms with Crippen molar-refractivity contribution in [2.24, 2.45) is 11.8 Å². The monoisotopic (exact) mass is 298 g/mol. The molecular weight excluding hydrogens is 268 g/mol. The molecule has 1 fully saturated rings. The molecule has 21 heavy (non-hydrogen) atoms. The summed E-state index contributed by atoms with van der Waals surface area (Å²) in [6.07, 6.45) is 4.16. The van der Waals surface area contributed by atoms with Gasteiger partial charge in [0.15, 0.2) is 0 Å². The molecule has 0 bridgehead atoms. The summed E-state index contributed by atoms with van der Waals surface area (Å²) in [7, 11) is 0. The van der Waals surface area contributed by atoms with Crippen LogP contribution in [-0.2, 0) is 9.59 Å². The third-order valence-corrected chi connectivity index (χ3v) is 4.56. The standard InChI is InChI=1S/C16H30N2O3/c1-4-18(5-2)11-7-8-12(3)17-15(19)13-9-6-10-14(13)16(20)21/h12-14H,4-11H2,1-3H3,(H,17,19)(H,20,21)/t12?,13-,14+/m1/s1. The summed E-state index contributed by atoms with van der Waals surface area (Å²) in [6, 6.07) is 0.114. The molecule has 2 N–H and O–H groups in total. The van der Waals surface area contributed by atoms with Gasteiger partial charge in [0.2, 0.25) is 5.91 Å². The van der Waals surface area contributed by atoms with E-state index < -0.39 is 11.9 Å². The van der Waals surface area contributed by atoms with Crippen LogP contribution in [0, 0.1) is 11.8 Å². The highest BCUT2D eigenvalue weighted by atomic mass is 16.4. The first-order chi connectivity index (χ1) is 9.99. The van der Waals surface area contributed by atoms with Gasteiger partial charge in [0.1, 0.15) is 0 Å². The Morgan fingerprint density at radius 3 is 2.43 bits per heavy atom. The van der Waals surface area contributed by atoms with Gasteiger partial charge in [-0.05, 0) is 52.2 Å². The van der Waals surface area contributed by atoms with Crippen LogP contribution in [0.2, 0.25) is 0 Å². The Balaban J connectivity index is 2.32. The molecule has 0 aliphatic heterocycles. The average molecular weight is 298 g/mol. The number of nitrogens with zero attached hydrogens (tertiary/aromatic N) is 1. The molecule has 0 aromatic heterocycles. The normalized spacial score (nSPS) is 23.2. The summed E-state index contributed by atoms with van der Waals surface area (Å²) in [5, 5.41) is 12.1. The SMILES string of the molecule is CCN(CC)CCCC(C)NC(=O)[C@@H]1CCC[C@@H]1C(=O)O. The van der Waals surface area contributed by atoms with Crippen molar-refractivity contribution in [2.75, 3.05) is 19.6 Å². The minimum Gasteiger partial charge on any atom is -0.481 e. The third-order valence-electron chi connectivity index (χ3n) is 4.56. The number of carbonyl (C=O) groups excluding carboxylic acids is 1. The molecule has 5 nitrogen and oxygen atoms in total. The summed E-state index contributed by atoms with van der Waals surface area (Å²) in [5.41, 5.74) is 0. The summed E-state index contributed by atoms with van der Waals surface area (Å²) >= 11 is 0. The van der Waals surface area contributed by atoms with E-state index in [1.54, 1.807) is 0 Å². The van der Waals surface area contributed by atoms with E-state index in [0.29, 0.717) is 12.8 Å². The fraction of sp³-hybridized carbons (Fsp3) is 0.875. The molecule has 1 saturated carbocycles. The number of carboxylic acid groups (broad SMARTS) is 1. The maximum Gasteiger partial charge on any atom is 0.307 e. The van der Waals surface area contributed by atoms with Crippen LogP contribution in [-0.4, -0.2) is 47.6 Å². The molecular formula is C16H30N2O3. The van der Waals surface area contributed by atoms with Crippen molar-refractivity contribution in [1.29, 1.82) is 0 Å². The fourth-order valence-corrected chi connectivity index (χ4v) is 3.15. The largest absolute Gasteiger partial charge is 0.481 e. The number of hydrogen-bond acceptors (Lipinski definition) is 3. The number of aliphatic carboxylic acids is 1. The van der Waals surface area contributed by atoms with Crippen LogP contribution in [0.5, 0.6) is 0 Å². The van der Waals surface area contributed by atoms with Crippen molar-refractivity contribution in [2.45, 2.75) is 58.9 Å². The van der Waals surface area contributed by atoms with E-state index in [1.165, 1.54) is 0 Å². The van der Waals surface area contributed by atoms with Crippen LogP contribution in [0.4, 0.5) is 0 Å². The maximum atomic E-state index is 12.2. The zero-order valence-electron chi connectivity index (χ0n) is 13.6. The Hall–Kier alpha value is -1.10. The Morgan fingerprint density at radius 1 is 1.24 bits per heavy atom. The summed E-state index contributed by atoms with van der Waals surface area (Å²) in [6.45, 7) is 9.47. The molecule has 1 amide bonds. The Bertz CT molecular complexity index is 342. The Morgan fingerprint density at radius 2 is 1.86 bits per heavy atom. The molecule has 0 aromatic rings. The molecule has 0 heterocycles. The van der Waals surface area contributed by atoms with Gasteiger partial charge in [-0.1, -0.05) is 20.3 Å². The van der Waals surface area contributed by atoms with Crippen molar-refractivity contribution in [3.63, 3.8) is 0 Å². The van der Waals surface area contributed by atoms with E-state index in [1.807, 2.05) is 6.92 Å². The van der Waals surface area contributed by atoms with E-state index in [4.69, 9.17) is 5.11 Å². The van der Waals surface area contributed by atoms with E-state index in [-0.39, 0.29) is 17.9 Å². The molecule has 5 heteroatoms. The molecule has 1 aliphatic carbocycles. The van der Waals surface area contributed by atoms with Crippen LogP contribution in [0.3, 0.4) is 0 Å². The smallest absolute Gasteiger partial charge is 0.307 e. The van der Waals surface area contributed by atoms with Gasteiger partial charge in [0.05, 0.1) is 11.8 Å². The van der Waals surface area contributed by atoms with Crippen molar-refractivity contribution < 1.29 is 14.7 Å². The number of carbonyl (C=O) groups is 2. The molecule has 3 atom stereocenters. The van der Waals surface area contributed by atoms with Gasteiger partial charge in [-0.15, -0.1) is 0 Å². The Labute approximate surface area is 128 Å². The van der Waals surface area contributed by atoms with Crippen LogP contribution < -0.4 is 5.32 Å². The highest BCUT2D eigenvalue weighted by molar-refractivity contribution is 5.85. The fourth-order valence-electron chi connectivity index (χ4n) is 3.15. The van der Waals surface area contributed by atoms with E-state index in [2.05, 4.69) is 24.1 Å². The van der Waals surface area contributed by atoms with Crippen molar-refractivity contribution in [3.8, 4) is 0 Å². The third kappa shape index (κ3) is 5.65. The average Bonchev–Trinajstić information content (AvgIpc) is 2.93. The van der Waals surface area contributed by atoms with Crippen LogP contribution in [0.1, 0.15) is 52.9 Å². The second-order valence-electron chi connectivity index (χ2n) is 6.06. The van der Waals surface area contributed by atoms with Crippen LogP contribution in [0.25, 0.3) is 0 Å². The van der Waals surface area contributed by atoms with Gasteiger partial charge in [-0.25, -0.2) is 0 Å². The minimum atomic E-state index is -0.832. The molecule has 0 spiro atoms. The zero-order chi connectivity index (χ0) is 15.8. The topological polar surface area (TPSA) is 69.6 Å². The van der Waals surface area contributed by atoms with Crippen LogP contribution >= 0.6 is 0 Å². The summed E-state index contributed by atoms with van der Waals surface area (Å²) in [5.74, 6) is -1.74. The van der Waals surface area contributed by atoms with Gasteiger partial charge in [0, 0.05) is 6.04 Å². The predicted octanol–water partition coefficient (Wildman–Crippen LogP) is 2.11. The van der Waals surface area contributed by atoms with Crippen molar-refractivity contribution in [3.05, 3.63) is 0 Å². The lowest BCUT2D eigenvalue weighted by atomic mass is 9.95. The highest BCUT2D eigenvalue weighted by Crippen LogP contribution is 2.32. The van der Waals surface area contributed by atoms with Gasteiger partial charge in [-0.3, -0.25) is 9.59 Å². The number of hydrogen-bond donors (Lipinski definition) is 2. The molecule has 1 rings (SSSR count). The zero-order valence-corrected chi connectivity index (χ0v) is 13.6. The molecule has 0 saturated heterocycles. The number of amides is 1. The van der Waals surface area contributed by atoms with Gasteiger partial charge in [-0.2, -0.15) is 0 Å². The first kappa shape index (κ1) is 18.0. The quantitative estimate of drug-likeness (QED) is 0.684. The van der Waals surface area contributed by atoms with Crippen molar-refractivity contribution in [1.82, 2.24) is 10.2 Å². The second-order valence-corrected chi connectivity index (χ2v) is 6.06. The van der Waals surface area contributed by atoms with Crippen molar-refractivity contribution >= 4 is 11.9 Å². The number of carboxylic acids is 1. The number of nitrogens with one attached hydrogen (secondary N) is 1. The molecule has 0 aromatic carbocycles. The summed E-state index contributed by atoms with van der Waals surface area (Å²) in [4.78, 5) is 25.7. The lowest BCUT2D eigenvalue weighted by Crippen LogP contribution is -2.40. The van der Waals surface area contributed by atoms with E-state index in [0.717, 1.165) is 38.9 Å². The second kappa shape index (κ2) is 9.03. The van der Waals surface area contributed by atoms with E-state index >= 15 is 0 Å². The molecule has 1 unspecified atom stereocenters.